The van der Waals surface area contributed by atoms with Crippen LogP contribution in [-0.4, -0.2) is 11.2 Å². The van der Waals surface area contributed by atoms with Crippen molar-refractivity contribution in [3.05, 3.63) is 70.3 Å². The van der Waals surface area contributed by atoms with Crippen molar-refractivity contribution in [1.29, 1.82) is 0 Å². The average Bonchev–Trinajstić information content (AvgIpc) is 2.78. The molecule has 2 atom stereocenters. The van der Waals surface area contributed by atoms with Crippen molar-refractivity contribution in [2.45, 2.75) is 52.6 Å². The van der Waals surface area contributed by atoms with Gasteiger partial charge in [-0.2, -0.15) is 0 Å². The van der Waals surface area contributed by atoms with Crippen molar-refractivity contribution in [2.75, 3.05) is 0 Å². The van der Waals surface area contributed by atoms with Gasteiger partial charge in [-0.3, -0.25) is 0 Å². The van der Waals surface area contributed by atoms with Crippen LogP contribution in [0, 0.1) is 12.3 Å². The molecule has 2 aliphatic carbocycles. The largest absolute Gasteiger partial charge is 0.392 e. The van der Waals surface area contributed by atoms with E-state index in [2.05, 4.69) is 63.3 Å². The Balaban J connectivity index is 1.94. The lowest BCUT2D eigenvalue weighted by atomic mass is 9.71. The highest BCUT2D eigenvalue weighted by molar-refractivity contribution is 5.47. The Labute approximate surface area is 134 Å². The summed E-state index contributed by atoms with van der Waals surface area (Å²) in [5.74, 6) is 0. The lowest BCUT2D eigenvalue weighted by Crippen LogP contribution is -2.30. The summed E-state index contributed by atoms with van der Waals surface area (Å²) >= 11 is 0. The van der Waals surface area contributed by atoms with Gasteiger partial charge in [-0.15, -0.1) is 0 Å². The molecule has 1 aromatic carbocycles. The van der Waals surface area contributed by atoms with Crippen LogP contribution < -0.4 is 0 Å². The second-order valence-electron chi connectivity index (χ2n) is 7.03. The Morgan fingerprint density at radius 1 is 1.27 bits per heavy atom. The summed E-state index contributed by atoms with van der Waals surface area (Å²) in [6, 6.07) is 8.83. The van der Waals surface area contributed by atoms with E-state index in [4.69, 9.17) is 0 Å². The Morgan fingerprint density at radius 3 is 2.68 bits per heavy atom. The smallest absolute Gasteiger partial charge is 0.0637 e. The zero-order valence-corrected chi connectivity index (χ0v) is 13.9. The number of benzene rings is 1. The van der Waals surface area contributed by atoms with Crippen molar-refractivity contribution in [3.63, 3.8) is 0 Å². The first-order chi connectivity index (χ1) is 10.5. The van der Waals surface area contributed by atoms with E-state index in [1.807, 2.05) is 0 Å². The van der Waals surface area contributed by atoms with Crippen LogP contribution in [0.1, 0.15) is 44.2 Å². The first kappa shape index (κ1) is 15.3. The molecule has 1 saturated carbocycles. The first-order valence-corrected chi connectivity index (χ1v) is 8.32. The van der Waals surface area contributed by atoms with Crippen molar-refractivity contribution >= 4 is 0 Å². The van der Waals surface area contributed by atoms with Crippen LogP contribution in [0.15, 0.2) is 59.2 Å². The SMILES string of the molecule is C/C=C\C1=C(Cc2ccc(C)cc2)C=C2CCC(O)C2(C)C1. The van der Waals surface area contributed by atoms with Gasteiger partial charge in [0.25, 0.3) is 0 Å². The number of aryl methyl sites for hydroxylation is 1. The van der Waals surface area contributed by atoms with Crippen LogP contribution in [0.3, 0.4) is 0 Å². The molecule has 116 valence electrons. The average molecular weight is 294 g/mol. The molecule has 1 aromatic rings. The molecular weight excluding hydrogens is 268 g/mol. The van der Waals surface area contributed by atoms with Gasteiger partial charge in [-0.1, -0.05) is 60.6 Å². The zero-order valence-electron chi connectivity index (χ0n) is 13.9. The molecule has 3 rings (SSSR count). The number of fused-ring (bicyclic) bond motifs is 1. The Hall–Kier alpha value is -1.60. The van der Waals surface area contributed by atoms with Crippen molar-refractivity contribution in [2.24, 2.45) is 5.41 Å². The number of aliphatic hydroxyl groups excluding tert-OH is 1. The fraction of sp³-hybridized carbons (Fsp3) is 0.429. The van der Waals surface area contributed by atoms with Gasteiger partial charge in [-0.05, 0) is 56.2 Å². The summed E-state index contributed by atoms with van der Waals surface area (Å²) in [5, 5.41) is 10.4. The van der Waals surface area contributed by atoms with Gasteiger partial charge in [0.15, 0.2) is 0 Å². The molecule has 0 spiro atoms. The molecular formula is C21H26O. The molecule has 2 unspecified atom stereocenters. The standard InChI is InChI=1S/C21H26O/c1-4-5-17-14-21(3)19(10-11-20(21)22)13-18(17)12-16-8-6-15(2)7-9-16/h4-9,13,20,22H,10-12,14H2,1-3H3/b5-4-. The predicted molar refractivity (Wildman–Crippen MR) is 92.8 cm³/mol. The van der Waals surface area contributed by atoms with Gasteiger partial charge in [0, 0.05) is 5.41 Å². The van der Waals surface area contributed by atoms with E-state index >= 15 is 0 Å². The molecule has 1 heteroatoms. The number of allylic oxidation sites excluding steroid dienone is 5. The second-order valence-corrected chi connectivity index (χ2v) is 7.03. The third kappa shape index (κ3) is 2.70. The minimum atomic E-state index is -0.195. The van der Waals surface area contributed by atoms with E-state index in [0.29, 0.717) is 0 Å². The number of hydrogen-bond donors (Lipinski definition) is 1. The predicted octanol–water partition coefficient (Wildman–Crippen LogP) is 4.90. The normalized spacial score (nSPS) is 28.2. The molecule has 22 heavy (non-hydrogen) atoms. The molecule has 0 saturated heterocycles. The molecule has 0 amide bonds. The van der Waals surface area contributed by atoms with Crippen molar-refractivity contribution < 1.29 is 5.11 Å². The van der Waals surface area contributed by atoms with Crippen LogP contribution in [0.2, 0.25) is 0 Å². The van der Waals surface area contributed by atoms with Gasteiger partial charge in [-0.25, -0.2) is 0 Å². The number of hydrogen-bond acceptors (Lipinski definition) is 1. The highest BCUT2D eigenvalue weighted by atomic mass is 16.3. The Morgan fingerprint density at radius 2 is 2.00 bits per heavy atom. The van der Waals surface area contributed by atoms with Crippen LogP contribution in [0.25, 0.3) is 0 Å². The van der Waals surface area contributed by atoms with Gasteiger partial charge in [0.1, 0.15) is 0 Å². The number of aliphatic hydroxyl groups is 1. The third-order valence-corrected chi connectivity index (χ3v) is 5.36. The monoisotopic (exact) mass is 294 g/mol. The van der Waals surface area contributed by atoms with Crippen LogP contribution in [0.5, 0.6) is 0 Å². The molecule has 1 nitrogen and oxygen atoms in total. The van der Waals surface area contributed by atoms with E-state index in [0.717, 1.165) is 25.7 Å². The third-order valence-electron chi connectivity index (χ3n) is 5.36. The molecule has 0 bridgehead atoms. The lowest BCUT2D eigenvalue weighted by molar-refractivity contribution is 0.0834. The minimum Gasteiger partial charge on any atom is -0.392 e. The summed E-state index contributed by atoms with van der Waals surface area (Å²) in [6.45, 7) is 6.42. The van der Waals surface area contributed by atoms with Gasteiger partial charge >= 0.3 is 0 Å². The van der Waals surface area contributed by atoms with Gasteiger partial charge in [0.2, 0.25) is 0 Å². The highest BCUT2D eigenvalue weighted by Crippen LogP contribution is 2.51. The fourth-order valence-electron chi connectivity index (χ4n) is 3.85. The molecule has 0 radical (unpaired) electrons. The summed E-state index contributed by atoms with van der Waals surface area (Å²) in [4.78, 5) is 0. The van der Waals surface area contributed by atoms with Gasteiger partial charge < -0.3 is 5.11 Å². The van der Waals surface area contributed by atoms with E-state index in [1.165, 1.54) is 27.8 Å². The highest BCUT2D eigenvalue weighted by Gasteiger charge is 2.43. The molecule has 0 aliphatic heterocycles. The maximum atomic E-state index is 10.4. The van der Waals surface area contributed by atoms with E-state index in [1.54, 1.807) is 0 Å². The molecule has 0 heterocycles. The van der Waals surface area contributed by atoms with E-state index in [9.17, 15) is 5.11 Å². The van der Waals surface area contributed by atoms with Crippen LogP contribution >= 0.6 is 0 Å². The van der Waals surface area contributed by atoms with Crippen molar-refractivity contribution in [1.82, 2.24) is 0 Å². The fourth-order valence-corrected chi connectivity index (χ4v) is 3.85. The van der Waals surface area contributed by atoms with Crippen LogP contribution in [-0.2, 0) is 6.42 Å². The molecule has 0 aromatic heterocycles. The lowest BCUT2D eigenvalue weighted by Gasteiger charge is -2.35. The van der Waals surface area contributed by atoms with Crippen molar-refractivity contribution in [3.8, 4) is 0 Å². The second kappa shape index (κ2) is 5.89. The first-order valence-electron chi connectivity index (χ1n) is 8.32. The topological polar surface area (TPSA) is 20.2 Å². The quantitative estimate of drug-likeness (QED) is 0.840. The Bertz CT molecular complexity index is 645. The molecule has 1 fully saturated rings. The summed E-state index contributed by atoms with van der Waals surface area (Å²) < 4.78 is 0. The Kier molecular flexibility index (Phi) is 4.10. The summed E-state index contributed by atoms with van der Waals surface area (Å²) in [6.07, 6.45) is 10.4. The van der Waals surface area contributed by atoms with E-state index < -0.39 is 0 Å². The zero-order chi connectivity index (χ0) is 15.7. The minimum absolute atomic E-state index is 0.0500. The summed E-state index contributed by atoms with van der Waals surface area (Å²) in [5.41, 5.74) is 6.86. The maximum Gasteiger partial charge on any atom is 0.0637 e. The molecule has 2 aliphatic rings. The molecule has 1 N–H and O–H groups in total. The van der Waals surface area contributed by atoms with E-state index in [-0.39, 0.29) is 11.5 Å². The van der Waals surface area contributed by atoms with Gasteiger partial charge in [0.05, 0.1) is 6.10 Å². The van der Waals surface area contributed by atoms with Crippen LogP contribution in [0.4, 0.5) is 0 Å². The maximum absolute atomic E-state index is 10.4. The number of rotatable bonds is 3. The summed E-state index contributed by atoms with van der Waals surface area (Å²) in [7, 11) is 0.